The summed E-state index contributed by atoms with van der Waals surface area (Å²) < 4.78 is 40.7. The molecule has 3 rings (SSSR count). The third-order valence-corrected chi connectivity index (χ3v) is 6.47. The molecule has 1 heterocycles. The van der Waals surface area contributed by atoms with Gasteiger partial charge < -0.3 is 14.2 Å². The van der Waals surface area contributed by atoms with E-state index in [1.807, 2.05) is 0 Å². The van der Waals surface area contributed by atoms with E-state index >= 15 is 0 Å². The molecule has 2 unspecified atom stereocenters. The van der Waals surface area contributed by atoms with Gasteiger partial charge in [-0.2, -0.15) is 0 Å². The number of rotatable bonds is 7. The van der Waals surface area contributed by atoms with Gasteiger partial charge in [0, 0.05) is 6.61 Å². The topological polar surface area (TPSA) is 78.9 Å². The van der Waals surface area contributed by atoms with Crippen LogP contribution in [0, 0.1) is 0 Å². The van der Waals surface area contributed by atoms with Crippen LogP contribution in [0.25, 0.3) is 0 Å². The van der Waals surface area contributed by atoms with Gasteiger partial charge in [0.25, 0.3) is 0 Å². The molecule has 1 aliphatic carbocycles. The van der Waals surface area contributed by atoms with Crippen molar-refractivity contribution in [3.8, 4) is 0 Å². The highest BCUT2D eigenvalue weighted by molar-refractivity contribution is 7.92. The Kier molecular flexibility index (Phi) is 5.22. The minimum absolute atomic E-state index is 0.158. The fraction of sp³-hybridized carbons (Fsp3) is 0.588. The van der Waals surface area contributed by atoms with Crippen molar-refractivity contribution < 1.29 is 27.4 Å². The molecule has 1 saturated heterocycles. The number of hydrogen-bond donors (Lipinski definition) is 0. The standard InChI is InChI=1S/C17H22O6S/c1-2-22-17(18)16(23-13-9-10-21-11-13)12-3-5-14(6-4-12)24(19,20)15-7-8-15/h3-6,13,15-16H,2,7-11H2,1H3. The average Bonchev–Trinajstić information content (AvgIpc) is 3.32. The Labute approximate surface area is 142 Å². The quantitative estimate of drug-likeness (QED) is 0.697. The van der Waals surface area contributed by atoms with E-state index in [9.17, 15) is 13.2 Å². The predicted octanol–water partition coefficient (Wildman–Crippen LogP) is 2.03. The SMILES string of the molecule is CCOC(=O)C(OC1CCOC1)c1ccc(S(=O)(=O)C2CC2)cc1. The molecule has 6 nitrogen and oxygen atoms in total. The summed E-state index contributed by atoms with van der Waals surface area (Å²) in [7, 11) is -3.24. The van der Waals surface area contributed by atoms with Crippen LogP contribution < -0.4 is 0 Å². The highest BCUT2D eigenvalue weighted by Crippen LogP contribution is 2.34. The zero-order valence-corrected chi connectivity index (χ0v) is 14.5. The molecule has 1 aromatic carbocycles. The third-order valence-electron chi connectivity index (χ3n) is 4.19. The lowest BCUT2D eigenvalue weighted by atomic mass is 10.1. The molecule has 1 aromatic rings. The van der Waals surface area contributed by atoms with E-state index in [0.29, 0.717) is 23.7 Å². The molecule has 2 fully saturated rings. The number of sulfone groups is 1. The van der Waals surface area contributed by atoms with Gasteiger partial charge in [-0.05, 0) is 43.9 Å². The first-order chi connectivity index (χ1) is 11.5. The molecule has 2 atom stereocenters. The Morgan fingerprint density at radius 3 is 2.50 bits per heavy atom. The van der Waals surface area contributed by atoms with Crippen molar-refractivity contribution in [1.82, 2.24) is 0 Å². The van der Waals surface area contributed by atoms with Crippen LogP contribution >= 0.6 is 0 Å². The molecule has 0 spiro atoms. The lowest BCUT2D eigenvalue weighted by molar-refractivity contribution is -0.161. The first-order valence-electron chi connectivity index (χ1n) is 8.26. The zero-order chi connectivity index (χ0) is 17.2. The molecule has 24 heavy (non-hydrogen) atoms. The summed E-state index contributed by atoms with van der Waals surface area (Å²) in [6.45, 7) is 3.05. The maximum atomic E-state index is 12.3. The second-order valence-electron chi connectivity index (χ2n) is 6.07. The molecule has 0 amide bonds. The number of hydrogen-bond acceptors (Lipinski definition) is 6. The van der Waals surface area contributed by atoms with Gasteiger partial charge in [0.1, 0.15) is 0 Å². The minimum atomic E-state index is -3.24. The van der Waals surface area contributed by atoms with E-state index in [4.69, 9.17) is 14.2 Å². The largest absolute Gasteiger partial charge is 0.464 e. The minimum Gasteiger partial charge on any atom is -0.464 e. The van der Waals surface area contributed by atoms with Crippen LogP contribution in [0.4, 0.5) is 0 Å². The Bertz CT molecular complexity index is 672. The number of carbonyl (C=O) groups is 1. The van der Waals surface area contributed by atoms with Gasteiger partial charge in [-0.25, -0.2) is 13.2 Å². The number of benzene rings is 1. The maximum absolute atomic E-state index is 12.3. The Hall–Kier alpha value is -1.44. The summed E-state index contributed by atoms with van der Waals surface area (Å²) >= 11 is 0. The van der Waals surface area contributed by atoms with Gasteiger partial charge in [-0.15, -0.1) is 0 Å². The highest BCUT2D eigenvalue weighted by Gasteiger charge is 2.37. The van der Waals surface area contributed by atoms with Crippen molar-refractivity contribution in [1.29, 1.82) is 0 Å². The number of carbonyl (C=O) groups excluding carboxylic acids is 1. The van der Waals surface area contributed by atoms with E-state index in [1.54, 1.807) is 31.2 Å². The molecule has 0 N–H and O–H groups in total. The summed E-state index contributed by atoms with van der Waals surface area (Å²) in [4.78, 5) is 12.5. The van der Waals surface area contributed by atoms with Crippen molar-refractivity contribution in [3.63, 3.8) is 0 Å². The fourth-order valence-electron chi connectivity index (χ4n) is 2.70. The monoisotopic (exact) mass is 354 g/mol. The molecular formula is C17H22O6S. The fourth-order valence-corrected chi connectivity index (χ4v) is 4.36. The van der Waals surface area contributed by atoms with Gasteiger partial charge in [0.15, 0.2) is 15.9 Å². The first-order valence-corrected chi connectivity index (χ1v) is 9.80. The van der Waals surface area contributed by atoms with Crippen LogP contribution in [0.15, 0.2) is 29.2 Å². The summed E-state index contributed by atoms with van der Waals surface area (Å²) in [5.74, 6) is -0.470. The summed E-state index contributed by atoms with van der Waals surface area (Å²) in [6.07, 6.45) is 1.15. The van der Waals surface area contributed by atoms with Gasteiger partial charge in [0.05, 0.1) is 29.5 Å². The predicted molar refractivity (Wildman–Crippen MR) is 86.3 cm³/mol. The van der Waals surface area contributed by atoms with Crippen molar-refractivity contribution in [2.45, 2.75) is 48.5 Å². The summed E-state index contributed by atoms with van der Waals surface area (Å²) in [5, 5.41) is -0.254. The third kappa shape index (κ3) is 3.79. The van der Waals surface area contributed by atoms with E-state index in [1.165, 1.54) is 0 Å². The molecule has 132 valence electrons. The molecule has 0 bridgehead atoms. The van der Waals surface area contributed by atoms with Crippen molar-refractivity contribution >= 4 is 15.8 Å². The van der Waals surface area contributed by atoms with Crippen molar-refractivity contribution in [2.75, 3.05) is 19.8 Å². The molecule has 1 aliphatic heterocycles. The summed E-state index contributed by atoms with van der Waals surface area (Å²) in [5.41, 5.74) is 0.593. The second kappa shape index (κ2) is 7.21. The van der Waals surface area contributed by atoms with E-state index < -0.39 is 21.9 Å². The molecule has 2 aliphatic rings. The van der Waals surface area contributed by atoms with Crippen LogP contribution in [-0.2, 0) is 28.8 Å². The molecular weight excluding hydrogens is 332 g/mol. The van der Waals surface area contributed by atoms with Crippen LogP contribution in [0.3, 0.4) is 0 Å². The zero-order valence-electron chi connectivity index (χ0n) is 13.6. The van der Waals surface area contributed by atoms with Crippen molar-refractivity contribution in [3.05, 3.63) is 29.8 Å². The van der Waals surface area contributed by atoms with Gasteiger partial charge in [-0.1, -0.05) is 12.1 Å². The smallest absolute Gasteiger partial charge is 0.339 e. The van der Waals surface area contributed by atoms with Crippen molar-refractivity contribution in [2.24, 2.45) is 0 Å². The molecule has 0 radical (unpaired) electrons. The van der Waals surface area contributed by atoms with Gasteiger partial charge >= 0.3 is 5.97 Å². The van der Waals surface area contributed by atoms with Crippen LogP contribution in [0.2, 0.25) is 0 Å². The van der Waals surface area contributed by atoms with Gasteiger partial charge in [0.2, 0.25) is 0 Å². The van der Waals surface area contributed by atoms with Crippen LogP contribution in [0.5, 0.6) is 0 Å². The summed E-state index contributed by atoms with van der Waals surface area (Å²) in [6, 6.07) is 6.35. The average molecular weight is 354 g/mol. The van der Waals surface area contributed by atoms with E-state index in [-0.39, 0.29) is 18.0 Å². The highest BCUT2D eigenvalue weighted by atomic mass is 32.2. The van der Waals surface area contributed by atoms with Crippen LogP contribution in [-0.4, -0.2) is 45.6 Å². The molecule has 1 saturated carbocycles. The first kappa shape index (κ1) is 17.4. The van der Waals surface area contributed by atoms with E-state index in [2.05, 4.69) is 0 Å². The number of ether oxygens (including phenoxy) is 3. The normalized spacial score (nSPS) is 22.3. The Morgan fingerprint density at radius 1 is 1.25 bits per heavy atom. The lowest BCUT2D eigenvalue weighted by Gasteiger charge is -2.20. The van der Waals surface area contributed by atoms with E-state index in [0.717, 1.165) is 19.3 Å². The number of esters is 1. The van der Waals surface area contributed by atoms with Crippen LogP contribution in [0.1, 0.15) is 37.9 Å². The van der Waals surface area contributed by atoms with Gasteiger partial charge in [-0.3, -0.25) is 0 Å². The lowest BCUT2D eigenvalue weighted by Crippen LogP contribution is -2.25. The molecule has 0 aromatic heterocycles. The molecule has 7 heteroatoms. The Balaban J connectivity index is 1.79. The Morgan fingerprint density at radius 2 is 1.96 bits per heavy atom. The maximum Gasteiger partial charge on any atom is 0.339 e. The second-order valence-corrected chi connectivity index (χ2v) is 8.30.